The number of rotatable bonds is 13. The summed E-state index contributed by atoms with van der Waals surface area (Å²) in [5.41, 5.74) is 7.26. The summed E-state index contributed by atoms with van der Waals surface area (Å²) in [6.07, 6.45) is 32.1. The first-order valence-electron chi connectivity index (χ1n) is 22.8. The van der Waals surface area contributed by atoms with Crippen LogP contribution in [0.2, 0.25) is 0 Å². The number of aromatic nitrogens is 6. The summed E-state index contributed by atoms with van der Waals surface area (Å²) in [6, 6.07) is 24.0. The Balaban J connectivity index is 0.000000195. The smallest absolute Gasteiger partial charge is 0.306 e. The van der Waals surface area contributed by atoms with Crippen LogP contribution in [0, 0.1) is 35.5 Å². The molecule has 6 aromatic heterocycles. The molecule has 8 rings (SSSR count). The summed E-state index contributed by atoms with van der Waals surface area (Å²) in [5.74, 6) is -11.9. The van der Waals surface area contributed by atoms with Crippen LogP contribution < -0.4 is 0 Å². The molecule has 0 bridgehead atoms. The number of aryl methyl sites for hydroxylation is 2. The zero-order chi connectivity index (χ0) is 52.1. The molecule has 0 atom stereocenters. The fourth-order valence-electron chi connectivity index (χ4n) is 7.52. The van der Waals surface area contributed by atoms with Gasteiger partial charge in [0.25, 0.3) is 0 Å². The van der Waals surface area contributed by atoms with Gasteiger partial charge in [0, 0.05) is 74.4 Å². The van der Waals surface area contributed by atoms with Gasteiger partial charge in [-0.1, -0.05) is 24.3 Å². The highest BCUT2D eigenvalue weighted by Crippen LogP contribution is 2.35. The summed E-state index contributed by atoms with van der Waals surface area (Å²) < 4.78 is 0. The van der Waals surface area contributed by atoms with Gasteiger partial charge in [-0.15, -0.1) is 0 Å². The van der Waals surface area contributed by atoms with Gasteiger partial charge in [0.2, 0.25) is 0 Å². The Morgan fingerprint density at radius 2 is 0.458 bits per heavy atom. The van der Waals surface area contributed by atoms with Gasteiger partial charge >= 0.3 is 35.8 Å². The van der Waals surface area contributed by atoms with Gasteiger partial charge in [-0.2, -0.15) is 0 Å². The maximum Gasteiger partial charge on any atom is 0.306 e. The Bertz CT molecular complexity index is 2270. The predicted molar refractivity (Wildman–Crippen MR) is 265 cm³/mol. The minimum absolute atomic E-state index is 0.0223. The summed E-state index contributed by atoms with van der Waals surface area (Å²) in [5, 5.41) is 52.5. The maximum absolute atomic E-state index is 10.7. The minimum Gasteiger partial charge on any atom is -0.481 e. The minimum atomic E-state index is -1.12. The van der Waals surface area contributed by atoms with Crippen LogP contribution in [0.4, 0.5) is 0 Å². The van der Waals surface area contributed by atoms with Gasteiger partial charge in [0.15, 0.2) is 0 Å². The van der Waals surface area contributed by atoms with Crippen molar-refractivity contribution >= 4 is 60.1 Å². The van der Waals surface area contributed by atoms with Gasteiger partial charge in [-0.3, -0.25) is 58.7 Å². The number of pyridine rings is 6. The van der Waals surface area contributed by atoms with Crippen molar-refractivity contribution in [2.45, 2.75) is 51.4 Å². The Hall–Kier alpha value is -8.80. The molecule has 0 amide bonds. The largest absolute Gasteiger partial charge is 0.481 e. The van der Waals surface area contributed by atoms with Crippen molar-refractivity contribution < 1.29 is 59.4 Å². The van der Waals surface area contributed by atoms with Crippen LogP contribution in [0.15, 0.2) is 147 Å². The summed E-state index contributed by atoms with van der Waals surface area (Å²) in [4.78, 5) is 88.0. The second kappa shape index (κ2) is 30.6. The number of aliphatic carboxylic acids is 6. The lowest BCUT2D eigenvalue weighted by Gasteiger charge is -2.28. The van der Waals surface area contributed by atoms with E-state index in [4.69, 9.17) is 30.6 Å². The Morgan fingerprint density at radius 1 is 0.306 bits per heavy atom. The van der Waals surface area contributed by atoms with Crippen molar-refractivity contribution in [1.29, 1.82) is 0 Å². The normalized spacial score (nSPS) is 18.9. The molecule has 0 aromatic carbocycles. The Labute approximate surface area is 415 Å². The fourth-order valence-corrected chi connectivity index (χ4v) is 7.52. The van der Waals surface area contributed by atoms with E-state index in [1.165, 1.54) is 11.1 Å². The van der Waals surface area contributed by atoms with Crippen LogP contribution in [-0.4, -0.2) is 96.4 Å². The molecule has 0 saturated heterocycles. The third-order valence-electron chi connectivity index (χ3n) is 11.5. The van der Waals surface area contributed by atoms with Gasteiger partial charge in [-0.25, -0.2) is 0 Å². The van der Waals surface area contributed by atoms with E-state index in [1.807, 2.05) is 73.3 Å². The van der Waals surface area contributed by atoms with Crippen LogP contribution in [0.1, 0.15) is 71.9 Å². The van der Waals surface area contributed by atoms with E-state index >= 15 is 0 Å². The first kappa shape index (κ1) is 55.8. The van der Waals surface area contributed by atoms with Crippen LogP contribution in [0.3, 0.4) is 0 Å². The molecular formula is C54H56N6O12. The third-order valence-corrected chi connectivity index (χ3v) is 11.5. The first-order chi connectivity index (χ1) is 34.7. The second-order valence-electron chi connectivity index (χ2n) is 16.6. The lowest BCUT2D eigenvalue weighted by molar-refractivity contribution is -0.156. The van der Waals surface area contributed by atoms with Gasteiger partial charge in [0.05, 0.1) is 35.5 Å². The molecule has 0 radical (unpaired) electrons. The summed E-state index contributed by atoms with van der Waals surface area (Å²) in [6.45, 7) is 0. The van der Waals surface area contributed by atoms with Crippen molar-refractivity contribution in [1.82, 2.24) is 29.9 Å². The van der Waals surface area contributed by atoms with Crippen molar-refractivity contribution in [3.8, 4) is 0 Å². The molecular weight excluding hydrogens is 925 g/mol. The topological polar surface area (TPSA) is 301 Å². The average molecular weight is 981 g/mol. The third kappa shape index (κ3) is 21.2. The zero-order valence-corrected chi connectivity index (χ0v) is 39.1. The second-order valence-corrected chi connectivity index (χ2v) is 16.6. The van der Waals surface area contributed by atoms with E-state index in [1.54, 1.807) is 49.6 Å². The quantitative estimate of drug-likeness (QED) is 0.0636. The molecule has 0 aliphatic heterocycles. The molecule has 6 aromatic rings. The SMILES string of the molecule is C(=C\c1ccncc1)/c1ccncc1.C(=C\c1ccncc1)/c1ccncc1.O=C(O)C1CC(C(=O)O)CC(C(=O)O)C1.O=C(O)C1CC(C(=O)O)CC(C(=O)O)C1.c1cc(CCc2ccncc2)ccn1. The average Bonchev–Trinajstić information content (AvgIpc) is 3.41. The molecule has 18 heteroatoms. The molecule has 2 saturated carbocycles. The van der Waals surface area contributed by atoms with Gasteiger partial charge in [0.1, 0.15) is 0 Å². The van der Waals surface area contributed by atoms with E-state index in [-0.39, 0.29) is 38.5 Å². The van der Waals surface area contributed by atoms with Crippen LogP contribution in [0.25, 0.3) is 24.3 Å². The molecule has 72 heavy (non-hydrogen) atoms. The molecule has 0 spiro atoms. The summed E-state index contributed by atoms with van der Waals surface area (Å²) in [7, 11) is 0. The molecule has 2 aliphatic rings. The van der Waals surface area contributed by atoms with Crippen molar-refractivity contribution in [3.63, 3.8) is 0 Å². The maximum atomic E-state index is 10.7. The van der Waals surface area contributed by atoms with Crippen LogP contribution >= 0.6 is 0 Å². The molecule has 0 unspecified atom stereocenters. The Morgan fingerprint density at radius 3 is 0.611 bits per heavy atom. The molecule has 374 valence electrons. The van der Waals surface area contributed by atoms with Crippen molar-refractivity contribution in [2.75, 3.05) is 0 Å². The lowest BCUT2D eigenvalue weighted by atomic mass is 9.75. The number of carboxylic acids is 6. The standard InChI is InChI=1S/C12H12N2.2C12H10N2.2C9H12O6/c3*1(11-3-7-13-8-4-11)2-12-5-9-14-10-6-12;2*10-7(11)4-1-5(8(12)13)3-6(2-4)9(14)15/h3-10H,1-2H2;2*1-10H;2*4-6H,1-3H2,(H,10,11)(H,12,13)(H,14,15)/b;2*2-1+;;. The molecule has 18 nitrogen and oxygen atoms in total. The van der Waals surface area contributed by atoms with E-state index in [0.29, 0.717) is 0 Å². The highest BCUT2D eigenvalue weighted by atomic mass is 16.4. The number of carboxylic acid groups (broad SMARTS) is 6. The fraction of sp³-hybridized carbons (Fsp3) is 0.259. The zero-order valence-electron chi connectivity index (χ0n) is 39.1. The van der Waals surface area contributed by atoms with E-state index in [0.717, 1.165) is 35.1 Å². The van der Waals surface area contributed by atoms with Crippen molar-refractivity contribution in [3.05, 3.63) is 181 Å². The molecule has 2 fully saturated rings. The van der Waals surface area contributed by atoms with Gasteiger partial charge in [-0.05, 0) is 158 Å². The van der Waals surface area contributed by atoms with E-state index < -0.39 is 71.3 Å². The number of hydrogen-bond acceptors (Lipinski definition) is 12. The highest BCUT2D eigenvalue weighted by molar-refractivity contribution is 5.79. The van der Waals surface area contributed by atoms with Crippen LogP contribution in [0.5, 0.6) is 0 Å². The summed E-state index contributed by atoms with van der Waals surface area (Å²) >= 11 is 0. The van der Waals surface area contributed by atoms with Crippen molar-refractivity contribution in [2.24, 2.45) is 35.5 Å². The van der Waals surface area contributed by atoms with Gasteiger partial charge < -0.3 is 30.6 Å². The lowest BCUT2D eigenvalue weighted by Crippen LogP contribution is -2.34. The highest BCUT2D eigenvalue weighted by Gasteiger charge is 2.40. The van der Waals surface area contributed by atoms with Crippen LogP contribution in [-0.2, 0) is 41.6 Å². The monoisotopic (exact) mass is 980 g/mol. The molecule has 6 heterocycles. The predicted octanol–water partition coefficient (Wildman–Crippen LogP) is 8.10. The molecule has 2 aliphatic carbocycles. The number of carbonyl (C=O) groups is 6. The first-order valence-corrected chi connectivity index (χ1v) is 22.8. The molecule has 6 N–H and O–H groups in total. The van der Waals surface area contributed by atoms with E-state index in [9.17, 15) is 28.8 Å². The number of nitrogens with zero attached hydrogens (tertiary/aromatic N) is 6. The Kier molecular flexibility index (Phi) is 23.7. The van der Waals surface area contributed by atoms with E-state index in [2.05, 4.69) is 78.5 Å². The number of hydrogen-bond donors (Lipinski definition) is 6.